The molecule has 5 heteroatoms. The molecule has 0 bridgehead atoms. The Balaban J connectivity index is 2.07. The van der Waals surface area contributed by atoms with Crippen LogP contribution in [0, 0.1) is 5.82 Å². The maximum atomic E-state index is 12.9. The van der Waals surface area contributed by atoms with Crippen LogP contribution in [0.25, 0.3) is 0 Å². The van der Waals surface area contributed by atoms with Gasteiger partial charge in [0.1, 0.15) is 23.8 Å². The van der Waals surface area contributed by atoms with Crippen molar-refractivity contribution in [2.24, 2.45) is 0 Å². The highest BCUT2D eigenvalue weighted by molar-refractivity contribution is 5.47. The second-order valence-electron chi connectivity index (χ2n) is 4.24. The lowest BCUT2D eigenvalue weighted by atomic mass is 10.1. The van der Waals surface area contributed by atoms with Crippen LogP contribution < -0.4 is 10.6 Å². The Kier molecular flexibility index (Phi) is 4.28. The van der Waals surface area contributed by atoms with E-state index < -0.39 is 0 Å². The highest BCUT2D eigenvalue weighted by Gasteiger charge is 2.06. The lowest BCUT2D eigenvalue weighted by Gasteiger charge is -2.15. The van der Waals surface area contributed by atoms with Crippen LogP contribution >= 0.6 is 0 Å². The second-order valence-corrected chi connectivity index (χ2v) is 4.24. The molecule has 2 rings (SSSR count). The summed E-state index contributed by atoms with van der Waals surface area (Å²) in [5.74, 6) is 1.29. The molecule has 0 spiro atoms. The van der Waals surface area contributed by atoms with E-state index in [-0.39, 0.29) is 11.9 Å². The van der Waals surface area contributed by atoms with Gasteiger partial charge in [0, 0.05) is 18.7 Å². The van der Waals surface area contributed by atoms with Crippen LogP contribution in [0.15, 0.2) is 36.7 Å². The Morgan fingerprint density at radius 3 is 2.53 bits per heavy atom. The van der Waals surface area contributed by atoms with E-state index in [1.165, 1.54) is 18.5 Å². The van der Waals surface area contributed by atoms with E-state index in [0.29, 0.717) is 0 Å². The van der Waals surface area contributed by atoms with Gasteiger partial charge in [0.15, 0.2) is 0 Å². The number of anilines is 2. The Morgan fingerprint density at radius 1 is 1.16 bits per heavy atom. The number of hydrogen-bond donors (Lipinski definition) is 2. The number of nitrogens with one attached hydrogen (secondary N) is 2. The lowest BCUT2D eigenvalue weighted by molar-refractivity contribution is 0.626. The molecule has 2 N–H and O–H groups in total. The van der Waals surface area contributed by atoms with E-state index in [9.17, 15) is 4.39 Å². The van der Waals surface area contributed by atoms with Crippen LogP contribution in [0.5, 0.6) is 0 Å². The summed E-state index contributed by atoms with van der Waals surface area (Å²) < 4.78 is 12.9. The summed E-state index contributed by atoms with van der Waals surface area (Å²) in [5.41, 5.74) is 1.00. The van der Waals surface area contributed by atoms with Crippen LogP contribution in [0.4, 0.5) is 16.0 Å². The molecule has 1 atom stereocenters. The van der Waals surface area contributed by atoms with E-state index in [4.69, 9.17) is 0 Å². The van der Waals surface area contributed by atoms with Crippen molar-refractivity contribution in [2.45, 2.75) is 19.9 Å². The van der Waals surface area contributed by atoms with Gasteiger partial charge in [0.2, 0.25) is 0 Å². The van der Waals surface area contributed by atoms with Crippen molar-refractivity contribution >= 4 is 11.6 Å². The van der Waals surface area contributed by atoms with E-state index in [0.717, 1.165) is 23.7 Å². The molecule has 100 valence electrons. The van der Waals surface area contributed by atoms with Crippen molar-refractivity contribution in [3.05, 3.63) is 48.0 Å². The van der Waals surface area contributed by atoms with Crippen LogP contribution in [-0.2, 0) is 0 Å². The van der Waals surface area contributed by atoms with Crippen molar-refractivity contribution < 1.29 is 4.39 Å². The SMILES string of the molecule is CCNc1cc(NC(C)c2ccc(F)cc2)ncn1. The summed E-state index contributed by atoms with van der Waals surface area (Å²) in [7, 11) is 0. The molecule has 0 saturated heterocycles. The summed E-state index contributed by atoms with van der Waals surface area (Å²) in [6, 6.07) is 8.34. The number of aromatic nitrogens is 2. The lowest BCUT2D eigenvalue weighted by Crippen LogP contribution is -2.09. The fraction of sp³-hybridized carbons (Fsp3) is 0.286. The van der Waals surface area contributed by atoms with Gasteiger partial charge in [-0.25, -0.2) is 14.4 Å². The average molecular weight is 260 g/mol. The standard InChI is InChI=1S/C14H17FN4/c1-3-16-13-8-14(18-9-17-13)19-10(2)11-4-6-12(15)7-5-11/h4-10H,3H2,1-2H3,(H2,16,17,18,19). The molecule has 0 amide bonds. The van der Waals surface area contributed by atoms with E-state index in [1.807, 2.05) is 19.9 Å². The summed E-state index contributed by atoms with van der Waals surface area (Å²) in [6.07, 6.45) is 1.51. The first-order valence-electron chi connectivity index (χ1n) is 6.27. The summed E-state index contributed by atoms with van der Waals surface area (Å²) in [6.45, 7) is 4.82. The first kappa shape index (κ1) is 13.3. The minimum Gasteiger partial charge on any atom is -0.370 e. The zero-order valence-corrected chi connectivity index (χ0v) is 11.0. The summed E-state index contributed by atoms with van der Waals surface area (Å²) in [4.78, 5) is 8.28. The normalized spacial score (nSPS) is 11.9. The zero-order chi connectivity index (χ0) is 13.7. The van der Waals surface area contributed by atoms with Crippen molar-refractivity contribution in [1.29, 1.82) is 0 Å². The first-order chi connectivity index (χ1) is 9.19. The molecule has 2 aromatic rings. The highest BCUT2D eigenvalue weighted by atomic mass is 19.1. The van der Waals surface area contributed by atoms with E-state index in [2.05, 4.69) is 20.6 Å². The van der Waals surface area contributed by atoms with Crippen LogP contribution in [0.3, 0.4) is 0 Å². The molecule has 0 aliphatic carbocycles. The van der Waals surface area contributed by atoms with Gasteiger partial charge in [0.25, 0.3) is 0 Å². The molecular formula is C14H17FN4. The van der Waals surface area contributed by atoms with Gasteiger partial charge >= 0.3 is 0 Å². The minimum atomic E-state index is -0.229. The van der Waals surface area contributed by atoms with Gasteiger partial charge in [-0.1, -0.05) is 12.1 Å². The molecule has 0 radical (unpaired) electrons. The van der Waals surface area contributed by atoms with Crippen molar-refractivity contribution in [3.8, 4) is 0 Å². The third-order valence-electron chi connectivity index (χ3n) is 2.76. The highest BCUT2D eigenvalue weighted by Crippen LogP contribution is 2.19. The van der Waals surface area contributed by atoms with Crippen LogP contribution in [0.1, 0.15) is 25.5 Å². The van der Waals surface area contributed by atoms with Gasteiger partial charge in [-0.3, -0.25) is 0 Å². The Labute approximate surface area is 112 Å². The second kappa shape index (κ2) is 6.13. The van der Waals surface area contributed by atoms with Gasteiger partial charge < -0.3 is 10.6 Å². The van der Waals surface area contributed by atoms with E-state index in [1.54, 1.807) is 12.1 Å². The number of hydrogen-bond acceptors (Lipinski definition) is 4. The number of nitrogens with zero attached hydrogens (tertiary/aromatic N) is 2. The van der Waals surface area contributed by atoms with Crippen molar-refractivity contribution in [2.75, 3.05) is 17.2 Å². The van der Waals surface area contributed by atoms with Crippen molar-refractivity contribution in [3.63, 3.8) is 0 Å². The largest absolute Gasteiger partial charge is 0.370 e. The molecule has 1 aromatic carbocycles. The Bertz CT molecular complexity index is 527. The zero-order valence-electron chi connectivity index (χ0n) is 11.0. The topological polar surface area (TPSA) is 49.8 Å². The Morgan fingerprint density at radius 2 is 1.84 bits per heavy atom. The van der Waals surface area contributed by atoms with Crippen molar-refractivity contribution in [1.82, 2.24) is 9.97 Å². The average Bonchev–Trinajstić information content (AvgIpc) is 2.40. The van der Waals surface area contributed by atoms with E-state index >= 15 is 0 Å². The molecule has 1 aromatic heterocycles. The fourth-order valence-electron chi connectivity index (χ4n) is 1.77. The van der Waals surface area contributed by atoms with Gasteiger partial charge in [0.05, 0.1) is 0 Å². The summed E-state index contributed by atoms with van der Waals surface area (Å²) in [5, 5.41) is 6.39. The fourth-order valence-corrected chi connectivity index (χ4v) is 1.77. The predicted molar refractivity (Wildman–Crippen MR) is 74.6 cm³/mol. The Hall–Kier alpha value is -2.17. The van der Waals surface area contributed by atoms with Gasteiger partial charge in [-0.15, -0.1) is 0 Å². The first-order valence-corrected chi connectivity index (χ1v) is 6.27. The molecule has 1 unspecified atom stereocenters. The molecule has 4 nitrogen and oxygen atoms in total. The maximum Gasteiger partial charge on any atom is 0.131 e. The van der Waals surface area contributed by atoms with Gasteiger partial charge in [-0.05, 0) is 31.5 Å². The van der Waals surface area contributed by atoms with Crippen LogP contribution in [0.2, 0.25) is 0 Å². The molecule has 0 aliphatic rings. The molecule has 0 fully saturated rings. The molecule has 1 heterocycles. The smallest absolute Gasteiger partial charge is 0.131 e. The third-order valence-corrected chi connectivity index (χ3v) is 2.76. The monoisotopic (exact) mass is 260 g/mol. The minimum absolute atomic E-state index is 0.0463. The molecule has 0 aliphatic heterocycles. The molecular weight excluding hydrogens is 243 g/mol. The molecule has 19 heavy (non-hydrogen) atoms. The molecule has 0 saturated carbocycles. The quantitative estimate of drug-likeness (QED) is 0.866. The predicted octanol–water partition coefficient (Wildman–Crippen LogP) is 3.22. The summed E-state index contributed by atoms with van der Waals surface area (Å²) >= 11 is 0. The third kappa shape index (κ3) is 3.64. The van der Waals surface area contributed by atoms with Gasteiger partial charge in [-0.2, -0.15) is 0 Å². The maximum absolute atomic E-state index is 12.9. The number of benzene rings is 1. The van der Waals surface area contributed by atoms with Crippen LogP contribution in [-0.4, -0.2) is 16.5 Å². The number of halogens is 1. The number of rotatable bonds is 5.